The number of nitrogens with one attached hydrogen (secondary N) is 2. The van der Waals surface area contributed by atoms with Gasteiger partial charge in [-0.05, 0) is 49.3 Å². The van der Waals surface area contributed by atoms with Crippen molar-refractivity contribution in [3.05, 3.63) is 34.4 Å². The standard InChI is InChI=1S/C18H24BrN3S/c1-23-18(22-15-5-3-2-4-6-15)20-10-9-13-12-21-17-8-7-14(19)11-16(13)17/h7-8,11-12,15,21H,2-6,9-10H2,1H3,(H,20,22). The zero-order valence-electron chi connectivity index (χ0n) is 13.6. The number of thioether (sulfide) groups is 1. The van der Waals surface area contributed by atoms with Gasteiger partial charge in [-0.2, -0.15) is 0 Å². The van der Waals surface area contributed by atoms with Crippen LogP contribution in [-0.2, 0) is 6.42 Å². The number of amidine groups is 1. The Bertz CT molecular complexity index is 674. The average Bonchev–Trinajstić information content (AvgIpc) is 2.97. The normalized spacial score (nSPS) is 16.9. The third-order valence-electron chi connectivity index (χ3n) is 4.49. The second-order valence-electron chi connectivity index (χ2n) is 6.12. The van der Waals surface area contributed by atoms with Crippen LogP contribution in [0.25, 0.3) is 10.9 Å². The number of hydrogen-bond acceptors (Lipinski definition) is 2. The molecule has 0 bridgehead atoms. The maximum atomic E-state index is 4.78. The van der Waals surface area contributed by atoms with E-state index in [1.807, 2.05) is 0 Å². The molecule has 1 aliphatic rings. The van der Waals surface area contributed by atoms with Gasteiger partial charge in [-0.15, -0.1) is 0 Å². The maximum Gasteiger partial charge on any atom is 0.156 e. The van der Waals surface area contributed by atoms with E-state index < -0.39 is 0 Å². The molecule has 124 valence electrons. The van der Waals surface area contributed by atoms with Gasteiger partial charge in [0.2, 0.25) is 0 Å². The monoisotopic (exact) mass is 393 g/mol. The van der Waals surface area contributed by atoms with E-state index in [-0.39, 0.29) is 0 Å². The summed E-state index contributed by atoms with van der Waals surface area (Å²) in [5.74, 6) is 0. The third kappa shape index (κ3) is 4.54. The van der Waals surface area contributed by atoms with Gasteiger partial charge in [0.05, 0.1) is 0 Å². The predicted molar refractivity (Wildman–Crippen MR) is 106 cm³/mol. The molecule has 5 heteroatoms. The number of fused-ring (bicyclic) bond motifs is 1. The highest BCUT2D eigenvalue weighted by molar-refractivity contribution is 9.10. The van der Waals surface area contributed by atoms with Crippen LogP contribution in [0, 0.1) is 0 Å². The molecule has 0 atom stereocenters. The predicted octanol–water partition coefficient (Wildman–Crippen LogP) is 5.11. The van der Waals surface area contributed by atoms with Crippen molar-refractivity contribution >= 4 is 43.8 Å². The largest absolute Gasteiger partial charge is 0.362 e. The Hall–Kier alpha value is -0.940. The summed E-state index contributed by atoms with van der Waals surface area (Å²) in [6.45, 7) is 0.829. The second kappa shape index (κ2) is 8.25. The van der Waals surface area contributed by atoms with Gasteiger partial charge in [-0.1, -0.05) is 47.0 Å². The van der Waals surface area contributed by atoms with Crippen molar-refractivity contribution in [1.82, 2.24) is 10.3 Å². The molecule has 0 unspecified atom stereocenters. The SMILES string of the molecule is CSC(=NCCc1c[nH]c2ccc(Br)cc12)NC1CCCCC1. The minimum atomic E-state index is 0.624. The zero-order valence-corrected chi connectivity index (χ0v) is 16.0. The number of benzene rings is 1. The maximum absolute atomic E-state index is 4.78. The Morgan fingerprint density at radius 1 is 1.35 bits per heavy atom. The Morgan fingerprint density at radius 2 is 2.17 bits per heavy atom. The molecule has 1 aliphatic carbocycles. The number of H-pyrrole nitrogens is 1. The number of halogens is 1. The lowest BCUT2D eigenvalue weighted by Crippen LogP contribution is -2.34. The molecular weight excluding hydrogens is 370 g/mol. The third-order valence-corrected chi connectivity index (χ3v) is 5.62. The van der Waals surface area contributed by atoms with Gasteiger partial charge in [0.15, 0.2) is 5.17 Å². The van der Waals surface area contributed by atoms with E-state index in [0.29, 0.717) is 6.04 Å². The van der Waals surface area contributed by atoms with E-state index in [9.17, 15) is 0 Å². The van der Waals surface area contributed by atoms with Crippen molar-refractivity contribution in [1.29, 1.82) is 0 Å². The first-order chi connectivity index (χ1) is 11.3. The van der Waals surface area contributed by atoms with E-state index in [0.717, 1.165) is 22.6 Å². The minimum absolute atomic E-state index is 0.624. The molecule has 0 radical (unpaired) electrons. The van der Waals surface area contributed by atoms with Crippen molar-refractivity contribution in [2.75, 3.05) is 12.8 Å². The lowest BCUT2D eigenvalue weighted by atomic mass is 9.96. The highest BCUT2D eigenvalue weighted by Crippen LogP contribution is 2.23. The molecule has 3 nitrogen and oxygen atoms in total. The number of hydrogen-bond donors (Lipinski definition) is 2. The van der Waals surface area contributed by atoms with Crippen LogP contribution in [-0.4, -0.2) is 29.0 Å². The molecule has 2 aromatic rings. The first kappa shape index (κ1) is 16.9. The molecule has 23 heavy (non-hydrogen) atoms. The molecule has 0 saturated heterocycles. The fraction of sp³-hybridized carbons (Fsp3) is 0.500. The van der Waals surface area contributed by atoms with E-state index in [1.165, 1.54) is 48.6 Å². The number of aromatic amines is 1. The van der Waals surface area contributed by atoms with Gasteiger partial charge in [-0.3, -0.25) is 4.99 Å². The first-order valence-corrected chi connectivity index (χ1v) is 10.4. The fourth-order valence-electron chi connectivity index (χ4n) is 3.23. The summed E-state index contributed by atoms with van der Waals surface area (Å²) >= 11 is 5.28. The van der Waals surface area contributed by atoms with Crippen LogP contribution in [0.4, 0.5) is 0 Å². The smallest absolute Gasteiger partial charge is 0.156 e. The summed E-state index contributed by atoms with van der Waals surface area (Å²) in [4.78, 5) is 8.13. The molecule has 1 heterocycles. The number of aromatic nitrogens is 1. The van der Waals surface area contributed by atoms with Gasteiger partial charge >= 0.3 is 0 Å². The molecule has 1 fully saturated rings. The summed E-state index contributed by atoms with van der Waals surface area (Å²) < 4.78 is 1.12. The Kier molecular flexibility index (Phi) is 6.06. The van der Waals surface area contributed by atoms with Crippen molar-refractivity contribution < 1.29 is 0 Å². The van der Waals surface area contributed by atoms with Crippen molar-refractivity contribution in [2.24, 2.45) is 4.99 Å². The lowest BCUT2D eigenvalue weighted by molar-refractivity contribution is 0.415. The Labute approximate surface area is 150 Å². The molecule has 1 aromatic carbocycles. The van der Waals surface area contributed by atoms with Gasteiger partial charge in [0.25, 0.3) is 0 Å². The van der Waals surface area contributed by atoms with E-state index in [1.54, 1.807) is 11.8 Å². The van der Waals surface area contributed by atoms with Crippen molar-refractivity contribution in [2.45, 2.75) is 44.6 Å². The number of nitrogens with zero attached hydrogens (tertiary/aromatic N) is 1. The second-order valence-corrected chi connectivity index (χ2v) is 7.83. The van der Waals surface area contributed by atoms with Gasteiger partial charge in [-0.25, -0.2) is 0 Å². The zero-order chi connectivity index (χ0) is 16.1. The summed E-state index contributed by atoms with van der Waals surface area (Å²) in [5, 5.41) is 6.02. The highest BCUT2D eigenvalue weighted by atomic mass is 79.9. The van der Waals surface area contributed by atoms with Crippen LogP contribution in [0.3, 0.4) is 0 Å². The summed E-state index contributed by atoms with van der Waals surface area (Å²) in [6.07, 6.45) is 11.9. The summed E-state index contributed by atoms with van der Waals surface area (Å²) in [6, 6.07) is 6.99. The molecule has 1 aromatic heterocycles. The Balaban J connectivity index is 1.60. The van der Waals surface area contributed by atoms with Crippen molar-refractivity contribution in [3.63, 3.8) is 0 Å². The molecular formula is C18H24BrN3S. The topological polar surface area (TPSA) is 40.2 Å². The van der Waals surface area contributed by atoms with Crippen LogP contribution < -0.4 is 5.32 Å². The highest BCUT2D eigenvalue weighted by Gasteiger charge is 2.14. The number of aliphatic imine (C=N–C) groups is 1. The lowest BCUT2D eigenvalue weighted by Gasteiger charge is -2.23. The molecule has 2 N–H and O–H groups in total. The summed E-state index contributed by atoms with van der Waals surface area (Å²) in [7, 11) is 0. The summed E-state index contributed by atoms with van der Waals surface area (Å²) in [5.41, 5.74) is 2.53. The quantitative estimate of drug-likeness (QED) is 0.559. The molecule has 1 saturated carbocycles. The van der Waals surface area contributed by atoms with Gasteiger partial charge in [0.1, 0.15) is 0 Å². The van der Waals surface area contributed by atoms with Crippen molar-refractivity contribution in [3.8, 4) is 0 Å². The van der Waals surface area contributed by atoms with Crippen LogP contribution in [0.5, 0.6) is 0 Å². The van der Waals surface area contributed by atoms with E-state index >= 15 is 0 Å². The first-order valence-electron chi connectivity index (χ1n) is 8.37. The van der Waals surface area contributed by atoms with E-state index in [4.69, 9.17) is 4.99 Å². The number of rotatable bonds is 4. The molecule has 0 amide bonds. The average molecular weight is 394 g/mol. The Morgan fingerprint density at radius 3 is 2.96 bits per heavy atom. The van der Waals surface area contributed by atoms with Gasteiger partial charge < -0.3 is 10.3 Å². The van der Waals surface area contributed by atoms with Gasteiger partial charge in [0, 0.05) is 34.2 Å². The molecule has 0 aliphatic heterocycles. The fourth-order valence-corrected chi connectivity index (χ4v) is 4.09. The van der Waals surface area contributed by atoms with Crippen LogP contribution in [0.1, 0.15) is 37.7 Å². The van der Waals surface area contributed by atoms with Crippen LogP contribution in [0.15, 0.2) is 33.9 Å². The van der Waals surface area contributed by atoms with Crippen LogP contribution >= 0.6 is 27.7 Å². The molecule has 0 spiro atoms. The van der Waals surface area contributed by atoms with Crippen LogP contribution in [0.2, 0.25) is 0 Å². The molecule has 3 rings (SSSR count). The minimum Gasteiger partial charge on any atom is -0.362 e. The van der Waals surface area contributed by atoms with E-state index in [2.05, 4.69) is 56.9 Å².